The molecule has 4 aromatic rings. The van der Waals surface area contributed by atoms with Crippen molar-refractivity contribution in [3.63, 3.8) is 0 Å². The van der Waals surface area contributed by atoms with Gasteiger partial charge >= 0.3 is 0 Å². The highest BCUT2D eigenvalue weighted by Crippen LogP contribution is 2.70. The number of hydrogen-bond donors (Lipinski definition) is 3. The van der Waals surface area contributed by atoms with Crippen molar-refractivity contribution in [3.05, 3.63) is 105 Å². The van der Waals surface area contributed by atoms with E-state index in [0.29, 0.717) is 39.8 Å². The smallest absolute Gasteiger partial charge is 0.268 e. The van der Waals surface area contributed by atoms with Crippen molar-refractivity contribution in [2.24, 2.45) is 0 Å². The Labute approximate surface area is 207 Å². The molecule has 0 saturated carbocycles. The van der Waals surface area contributed by atoms with Crippen molar-refractivity contribution in [2.45, 2.75) is 16.9 Å². The minimum Gasteiger partial charge on any atom is -0.497 e. The van der Waals surface area contributed by atoms with Crippen molar-refractivity contribution in [2.75, 3.05) is 27.9 Å². The molecule has 2 heterocycles. The Balaban J connectivity index is 1.77. The molecular weight excluding hydrogens is 460 g/mol. The van der Waals surface area contributed by atoms with Gasteiger partial charge in [0.05, 0.1) is 50.7 Å². The third kappa shape index (κ3) is 2.59. The second-order valence-electron chi connectivity index (χ2n) is 9.04. The number of aliphatic hydroxyl groups excluding tert-OH is 1. The molecule has 1 aliphatic carbocycles. The number of fused-ring (bicyclic) bond motifs is 5. The van der Waals surface area contributed by atoms with Crippen molar-refractivity contribution >= 4 is 0 Å². The van der Waals surface area contributed by atoms with Crippen LogP contribution in [0.15, 0.2) is 71.5 Å². The summed E-state index contributed by atoms with van der Waals surface area (Å²) in [6, 6.07) is 20.9. The lowest BCUT2D eigenvalue weighted by Crippen LogP contribution is -2.52. The first-order valence-corrected chi connectivity index (χ1v) is 11.6. The fourth-order valence-electron chi connectivity index (χ4n) is 6.22. The molecular formula is C28H26N2O6. The zero-order valence-corrected chi connectivity index (χ0v) is 20.1. The predicted octanol–water partition coefficient (Wildman–Crippen LogP) is 3.44. The summed E-state index contributed by atoms with van der Waals surface area (Å²) in [6.07, 6.45) is 0. The van der Waals surface area contributed by atoms with Gasteiger partial charge in [0.2, 0.25) is 0 Å². The predicted molar refractivity (Wildman–Crippen MR) is 132 cm³/mol. The summed E-state index contributed by atoms with van der Waals surface area (Å²) in [7, 11) is 4.75. The maximum atomic E-state index is 13.3. The van der Waals surface area contributed by atoms with Gasteiger partial charge in [0, 0.05) is 12.1 Å². The Morgan fingerprint density at radius 3 is 2.28 bits per heavy atom. The lowest BCUT2D eigenvalue weighted by Gasteiger charge is -2.42. The first-order valence-electron chi connectivity index (χ1n) is 11.6. The van der Waals surface area contributed by atoms with Crippen LogP contribution >= 0.6 is 0 Å². The number of nitrogens with one attached hydrogen (secondary N) is 2. The van der Waals surface area contributed by atoms with E-state index in [0.717, 1.165) is 11.1 Å². The summed E-state index contributed by atoms with van der Waals surface area (Å²) in [4.78, 5) is 13.3. The van der Waals surface area contributed by atoms with Crippen LogP contribution in [0.2, 0.25) is 0 Å². The molecule has 8 heteroatoms. The van der Waals surface area contributed by atoms with Gasteiger partial charge in [-0.25, -0.2) is 0 Å². The summed E-state index contributed by atoms with van der Waals surface area (Å²) < 4.78 is 23.7. The Bertz CT molecular complexity index is 1490. The van der Waals surface area contributed by atoms with Crippen LogP contribution in [0.25, 0.3) is 0 Å². The van der Waals surface area contributed by atoms with E-state index in [1.807, 2.05) is 54.6 Å². The highest BCUT2D eigenvalue weighted by Gasteiger charge is 2.73. The maximum Gasteiger partial charge on any atom is 0.268 e. The van der Waals surface area contributed by atoms with E-state index in [-0.39, 0.29) is 12.2 Å². The summed E-state index contributed by atoms with van der Waals surface area (Å²) in [6.45, 7) is -0.348. The first kappa shape index (κ1) is 22.3. The average Bonchev–Trinajstić information content (AvgIpc) is 3.52. The summed E-state index contributed by atoms with van der Waals surface area (Å²) >= 11 is 0. The molecule has 0 saturated heterocycles. The number of aliphatic hydroxyl groups is 1. The van der Waals surface area contributed by atoms with Crippen molar-refractivity contribution in [1.29, 1.82) is 0 Å². The molecule has 1 aliphatic heterocycles. The molecule has 0 fully saturated rings. The molecule has 184 valence electrons. The van der Waals surface area contributed by atoms with E-state index >= 15 is 0 Å². The molecule has 0 bridgehead atoms. The second kappa shape index (κ2) is 7.93. The molecule has 2 aliphatic rings. The highest BCUT2D eigenvalue weighted by atomic mass is 16.5. The Kier molecular flexibility index (Phi) is 4.91. The standard InChI is InChI=1S/C28H26N2O6/c1-33-18-11-9-17(10-12-18)28-23(16-7-5-4-6-8-16)22-25(29-30-26(22)32)27(28,15-31)24-20(35-3)13-19(34-2)14-21(24)36-28/h4-14,23,31H,15H2,1-3H3,(H2,29,30,32)/t23-,27-,28+/m1/s1. The Hall–Kier alpha value is -4.17. The van der Waals surface area contributed by atoms with Gasteiger partial charge in [0.1, 0.15) is 28.4 Å². The van der Waals surface area contributed by atoms with Crippen LogP contribution in [-0.4, -0.2) is 43.2 Å². The van der Waals surface area contributed by atoms with Gasteiger partial charge in [-0.15, -0.1) is 0 Å². The number of benzene rings is 3. The topological polar surface area (TPSA) is 106 Å². The fourth-order valence-corrected chi connectivity index (χ4v) is 6.22. The van der Waals surface area contributed by atoms with Gasteiger partial charge in [0.25, 0.3) is 5.56 Å². The molecule has 0 amide bonds. The van der Waals surface area contributed by atoms with Crippen LogP contribution < -0.4 is 24.5 Å². The lowest BCUT2D eigenvalue weighted by molar-refractivity contribution is 0.000899. The minimum absolute atomic E-state index is 0.258. The largest absolute Gasteiger partial charge is 0.497 e. The Morgan fingerprint density at radius 1 is 0.917 bits per heavy atom. The van der Waals surface area contributed by atoms with Crippen molar-refractivity contribution in [1.82, 2.24) is 10.2 Å². The van der Waals surface area contributed by atoms with Gasteiger partial charge in [-0.3, -0.25) is 9.89 Å². The molecule has 36 heavy (non-hydrogen) atoms. The number of aromatic amines is 2. The molecule has 8 nitrogen and oxygen atoms in total. The molecule has 0 spiro atoms. The first-order chi connectivity index (χ1) is 17.5. The number of hydrogen-bond acceptors (Lipinski definition) is 6. The van der Waals surface area contributed by atoms with Gasteiger partial charge < -0.3 is 29.2 Å². The molecule has 0 radical (unpaired) electrons. The number of ether oxygens (including phenoxy) is 4. The van der Waals surface area contributed by atoms with Crippen LogP contribution in [0.1, 0.15) is 33.9 Å². The van der Waals surface area contributed by atoms with Crippen LogP contribution in [0.3, 0.4) is 0 Å². The van der Waals surface area contributed by atoms with E-state index in [1.165, 1.54) is 0 Å². The molecule has 6 rings (SSSR count). The average molecular weight is 487 g/mol. The lowest BCUT2D eigenvalue weighted by atomic mass is 9.63. The number of methoxy groups -OCH3 is 3. The Morgan fingerprint density at radius 2 is 1.64 bits per heavy atom. The van der Waals surface area contributed by atoms with E-state index in [2.05, 4.69) is 10.2 Å². The van der Waals surface area contributed by atoms with Gasteiger partial charge in [-0.1, -0.05) is 42.5 Å². The molecule has 0 unspecified atom stereocenters. The van der Waals surface area contributed by atoms with E-state index < -0.39 is 16.9 Å². The van der Waals surface area contributed by atoms with Gasteiger partial charge in [-0.2, -0.15) is 0 Å². The van der Waals surface area contributed by atoms with Crippen molar-refractivity contribution < 1.29 is 24.1 Å². The zero-order valence-electron chi connectivity index (χ0n) is 20.1. The zero-order chi connectivity index (χ0) is 25.1. The van der Waals surface area contributed by atoms with E-state index in [4.69, 9.17) is 18.9 Å². The molecule has 1 aromatic heterocycles. The summed E-state index contributed by atoms with van der Waals surface area (Å²) in [5.74, 6) is 1.71. The normalized spacial score (nSPS) is 23.4. The van der Waals surface area contributed by atoms with Gasteiger partial charge in [0.15, 0.2) is 5.60 Å². The molecule has 3 N–H and O–H groups in total. The van der Waals surface area contributed by atoms with E-state index in [9.17, 15) is 9.90 Å². The summed E-state index contributed by atoms with van der Waals surface area (Å²) in [5.41, 5.74) is 0.749. The summed E-state index contributed by atoms with van der Waals surface area (Å²) in [5, 5.41) is 17.2. The molecule has 3 aromatic carbocycles. The minimum atomic E-state index is -1.22. The third-order valence-electron chi connectivity index (χ3n) is 7.65. The third-order valence-corrected chi connectivity index (χ3v) is 7.65. The van der Waals surface area contributed by atoms with Gasteiger partial charge in [-0.05, 0) is 23.3 Å². The fraction of sp³-hybridized carbons (Fsp3) is 0.250. The van der Waals surface area contributed by atoms with Crippen LogP contribution in [0, 0.1) is 0 Å². The second-order valence-corrected chi connectivity index (χ2v) is 9.04. The maximum absolute atomic E-state index is 13.3. The van der Waals surface area contributed by atoms with Crippen LogP contribution in [0.5, 0.6) is 23.0 Å². The van der Waals surface area contributed by atoms with E-state index in [1.54, 1.807) is 33.5 Å². The SMILES string of the molecule is COc1ccc([C@@]23Oc4cc(OC)cc(OC)c4[C@]2(CO)c2[nH][nH]c(=O)c2[C@H]3c2ccccc2)cc1. The quantitative estimate of drug-likeness (QED) is 0.386. The molecule has 3 atom stereocenters. The number of aromatic nitrogens is 2. The monoisotopic (exact) mass is 486 g/mol. The highest BCUT2D eigenvalue weighted by molar-refractivity contribution is 5.70. The van der Waals surface area contributed by atoms with Crippen LogP contribution in [0.4, 0.5) is 0 Å². The number of H-pyrrole nitrogens is 2. The van der Waals surface area contributed by atoms with Crippen LogP contribution in [-0.2, 0) is 11.0 Å². The number of rotatable bonds is 6. The van der Waals surface area contributed by atoms with Crippen molar-refractivity contribution in [3.8, 4) is 23.0 Å².